The Morgan fingerprint density at radius 3 is 2.50 bits per heavy atom. The van der Waals surface area contributed by atoms with E-state index in [0.29, 0.717) is 6.07 Å². The van der Waals surface area contributed by atoms with Crippen LogP contribution in [0.5, 0.6) is 0 Å². The first-order chi connectivity index (χ1) is 9.35. The van der Waals surface area contributed by atoms with E-state index in [-0.39, 0.29) is 17.6 Å². The largest absolute Gasteiger partial charge is 0.371 e. The first kappa shape index (κ1) is 16.3. The maximum Gasteiger partial charge on any atom is 0.242 e. The van der Waals surface area contributed by atoms with Crippen LogP contribution in [0.4, 0.5) is 18.9 Å². The van der Waals surface area contributed by atoms with Gasteiger partial charge in [-0.15, -0.1) is 0 Å². The monoisotopic (exact) mass is 288 g/mol. The molecule has 0 aromatic heterocycles. The highest BCUT2D eigenvalue weighted by molar-refractivity contribution is 5.84. The van der Waals surface area contributed by atoms with Crippen molar-refractivity contribution in [1.82, 2.24) is 5.32 Å². The Morgan fingerprint density at radius 1 is 1.25 bits per heavy atom. The van der Waals surface area contributed by atoms with E-state index in [0.717, 1.165) is 18.9 Å². The van der Waals surface area contributed by atoms with Crippen molar-refractivity contribution in [3.05, 3.63) is 29.6 Å². The van der Waals surface area contributed by atoms with Gasteiger partial charge in [0.25, 0.3) is 0 Å². The number of carbonyl (C=O) groups excluding carboxylic acids is 1. The normalized spacial score (nSPS) is 13.7. The lowest BCUT2D eigenvalue weighted by molar-refractivity contribution is -0.122. The van der Waals surface area contributed by atoms with E-state index in [1.165, 1.54) is 6.92 Å². The summed E-state index contributed by atoms with van der Waals surface area (Å²) in [6, 6.07) is 0.461. The highest BCUT2D eigenvalue weighted by Gasteiger charge is 2.18. The summed E-state index contributed by atoms with van der Waals surface area (Å²) in [7, 11) is 0. The summed E-state index contributed by atoms with van der Waals surface area (Å²) in [5.74, 6) is -3.75. The molecule has 1 rings (SSSR count). The van der Waals surface area contributed by atoms with Gasteiger partial charge in [-0.2, -0.15) is 0 Å². The fraction of sp³-hybridized carbons (Fsp3) is 0.500. The van der Waals surface area contributed by atoms with E-state index >= 15 is 0 Å². The first-order valence-corrected chi connectivity index (χ1v) is 6.56. The van der Waals surface area contributed by atoms with Crippen LogP contribution in [0, 0.1) is 17.5 Å². The molecule has 0 fully saturated rings. The van der Waals surface area contributed by atoms with Crippen molar-refractivity contribution in [1.29, 1.82) is 0 Å². The molecule has 1 amide bonds. The van der Waals surface area contributed by atoms with E-state index in [4.69, 9.17) is 0 Å². The second-order valence-corrected chi connectivity index (χ2v) is 4.81. The topological polar surface area (TPSA) is 41.1 Å². The zero-order chi connectivity index (χ0) is 15.3. The van der Waals surface area contributed by atoms with Gasteiger partial charge in [0.1, 0.15) is 11.9 Å². The number of rotatable bonds is 6. The minimum absolute atomic E-state index is 0.00848. The summed E-state index contributed by atoms with van der Waals surface area (Å²) in [4.78, 5) is 11.8. The third kappa shape index (κ3) is 4.43. The average Bonchev–Trinajstić information content (AvgIpc) is 2.35. The summed E-state index contributed by atoms with van der Waals surface area (Å²) in [6.45, 7) is 5.35. The molecule has 0 saturated carbocycles. The SMILES string of the molecule is CCCC(C)NC(=O)C(C)Nc1cc(F)cc(F)c1F. The predicted octanol–water partition coefficient (Wildman–Crippen LogP) is 3.21. The van der Waals surface area contributed by atoms with Gasteiger partial charge >= 0.3 is 0 Å². The van der Waals surface area contributed by atoms with Crippen LogP contribution in [0.25, 0.3) is 0 Å². The molecule has 2 unspecified atom stereocenters. The molecule has 6 heteroatoms. The molecule has 2 atom stereocenters. The molecule has 0 aliphatic rings. The van der Waals surface area contributed by atoms with Crippen LogP contribution in [-0.2, 0) is 4.79 Å². The second-order valence-electron chi connectivity index (χ2n) is 4.81. The van der Waals surface area contributed by atoms with Crippen LogP contribution in [-0.4, -0.2) is 18.0 Å². The smallest absolute Gasteiger partial charge is 0.242 e. The van der Waals surface area contributed by atoms with Gasteiger partial charge in [-0.05, 0) is 20.3 Å². The van der Waals surface area contributed by atoms with Gasteiger partial charge in [-0.1, -0.05) is 13.3 Å². The molecule has 0 aliphatic heterocycles. The van der Waals surface area contributed by atoms with Crippen LogP contribution >= 0.6 is 0 Å². The molecule has 20 heavy (non-hydrogen) atoms. The van der Waals surface area contributed by atoms with Crippen LogP contribution in [0.3, 0.4) is 0 Å². The Morgan fingerprint density at radius 2 is 1.90 bits per heavy atom. The van der Waals surface area contributed by atoms with Crippen LogP contribution in [0.2, 0.25) is 0 Å². The van der Waals surface area contributed by atoms with Crippen LogP contribution in [0.15, 0.2) is 12.1 Å². The Labute approximate surface area is 116 Å². The van der Waals surface area contributed by atoms with Crippen molar-refractivity contribution >= 4 is 11.6 Å². The molecule has 1 aromatic rings. The van der Waals surface area contributed by atoms with E-state index in [1.807, 2.05) is 13.8 Å². The molecule has 0 saturated heterocycles. The molecule has 2 N–H and O–H groups in total. The van der Waals surface area contributed by atoms with Crippen molar-refractivity contribution in [2.45, 2.75) is 45.7 Å². The van der Waals surface area contributed by atoms with Gasteiger partial charge in [0.15, 0.2) is 11.6 Å². The van der Waals surface area contributed by atoms with Gasteiger partial charge in [-0.3, -0.25) is 4.79 Å². The Hall–Kier alpha value is -1.72. The van der Waals surface area contributed by atoms with Crippen molar-refractivity contribution in [2.24, 2.45) is 0 Å². The maximum atomic E-state index is 13.5. The predicted molar refractivity (Wildman–Crippen MR) is 71.9 cm³/mol. The summed E-state index contributed by atoms with van der Waals surface area (Å²) >= 11 is 0. The zero-order valence-corrected chi connectivity index (χ0v) is 11.8. The number of anilines is 1. The first-order valence-electron chi connectivity index (χ1n) is 6.56. The molecular formula is C14H19F3N2O. The number of halogens is 3. The van der Waals surface area contributed by atoms with E-state index in [2.05, 4.69) is 10.6 Å². The minimum Gasteiger partial charge on any atom is -0.371 e. The van der Waals surface area contributed by atoms with Crippen molar-refractivity contribution in [2.75, 3.05) is 5.32 Å². The molecule has 0 heterocycles. The minimum atomic E-state index is -1.29. The molecule has 0 bridgehead atoms. The number of nitrogens with one attached hydrogen (secondary N) is 2. The summed E-state index contributed by atoms with van der Waals surface area (Å²) < 4.78 is 39.5. The standard InChI is InChI=1S/C14H19F3N2O/c1-4-5-8(2)18-14(20)9(3)19-12-7-10(15)6-11(16)13(12)17/h6-9,19H,4-5H2,1-3H3,(H,18,20). The lowest BCUT2D eigenvalue weighted by atomic mass is 10.2. The fourth-order valence-corrected chi connectivity index (χ4v) is 1.83. The summed E-state index contributed by atoms with van der Waals surface area (Å²) in [5.41, 5.74) is -0.367. The number of carbonyl (C=O) groups is 1. The second kappa shape index (κ2) is 7.17. The molecule has 0 spiro atoms. The average molecular weight is 288 g/mol. The number of benzene rings is 1. The van der Waals surface area contributed by atoms with Crippen molar-refractivity contribution in [3.63, 3.8) is 0 Å². The molecule has 112 valence electrons. The zero-order valence-electron chi connectivity index (χ0n) is 11.8. The maximum absolute atomic E-state index is 13.5. The third-order valence-electron chi connectivity index (χ3n) is 2.87. The summed E-state index contributed by atoms with van der Waals surface area (Å²) in [6.07, 6.45) is 1.74. The van der Waals surface area contributed by atoms with Gasteiger partial charge in [-0.25, -0.2) is 13.2 Å². The number of hydrogen-bond donors (Lipinski definition) is 2. The molecule has 0 radical (unpaired) electrons. The number of hydrogen-bond acceptors (Lipinski definition) is 2. The molecule has 3 nitrogen and oxygen atoms in total. The van der Waals surface area contributed by atoms with Crippen molar-refractivity contribution in [3.8, 4) is 0 Å². The van der Waals surface area contributed by atoms with E-state index in [1.54, 1.807) is 0 Å². The Kier molecular flexibility index (Phi) is 5.85. The molecule has 0 aliphatic carbocycles. The molecule has 1 aromatic carbocycles. The van der Waals surface area contributed by atoms with E-state index in [9.17, 15) is 18.0 Å². The van der Waals surface area contributed by atoms with E-state index < -0.39 is 23.5 Å². The van der Waals surface area contributed by atoms with Gasteiger partial charge < -0.3 is 10.6 Å². The summed E-state index contributed by atoms with van der Waals surface area (Å²) in [5, 5.41) is 5.21. The Balaban J connectivity index is 2.71. The lowest BCUT2D eigenvalue weighted by Gasteiger charge is -2.19. The highest BCUT2D eigenvalue weighted by atomic mass is 19.2. The lowest BCUT2D eigenvalue weighted by Crippen LogP contribution is -2.42. The third-order valence-corrected chi connectivity index (χ3v) is 2.87. The quantitative estimate of drug-likeness (QED) is 0.789. The van der Waals surface area contributed by atoms with Gasteiger partial charge in [0.05, 0.1) is 5.69 Å². The Bertz CT molecular complexity index is 480. The highest BCUT2D eigenvalue weighted by Crippen LogP contribution is 2.19. The van der Waals surface area contributed by atoms with Gasteiger partial charge in [0, 0.05) is 18.2 Å². The molecular weight excluding hydrogens is 269 g/mol. The van der Waals surface area contributed by atoms with Crippen molar-refractivity contribution < 1.29 is 18.0 Å². The van der Waals surface area contributed by atoms with Gasteiger partial charge in [0.2, 0.25) is 5.91 Å². The number of amides is 1. The van der Waals surface area contributed by atoms with Crippen LogP contribution in [0.1, 0.15) is 33.6 Å². The fourth-order valence-electron chi connectivity index (χ4n) is 1.83. The van der Waals surface area contributed by atoms with Crippen LogP contribution < -0.4 is 10.6 Å².